The Labute approximate surface area is 120 Å². The lowest BCUT2D eigenvalue weighted by Crippen LogP contribution is -2.07. The summed E-state index contributed by atoms with van der Waals surface area (Å²) >= 11 is 0. The number of nitrogens with zero attached hydrogens (tertiary/aromatic N) is 1. The predicted octanol–water partition coefficient (Wildman–Crippen LogP) is 3.48. The molecular weight excluding hydrogens is 254 g/mol. The zero-order valence-corrected chi connectivity index (χ0v) is 12.3. The molecule has 0 aromatic heterocycles. The predicted molar refractivity (Wildman–Crippen MR) is 76.7 cm³/mol. The summed E-state index contributed by atoms with van der Waals surface area (Å²) in [4.78, 5) is 11.8. The number of hydrogen-bond acceptors (Lipinski definition) is 4. The molecule has 0 amide bonds. The van der Waals surface area contributed by atoms with Crippen LogP contribution in [-0.2, 0) is 11.2 Å². The number of benzene rings is 1. The van der Waals surface area contributed by atoms with E-state index in [2.05, 4.69) is 17.7 Å². The summed E-state index contributed by atoms with van der Waals surface area (Å²) in [6.45, 7) is 3.78. The van der Waals surface area contributed by atoms with Crippen LogP contribution >= 0.6 is 0 Å². The first-order chi connectivity index (χ1) is 9.56. The number of aromatic hydroxyl groups is 1. The molecule has 0 atom stereocenters. The van der Waals surface area contributed by atoms with Crippen LogP contribution in [0.1, 0.15) is 59.7 Å². The van der Waals surface area contributed by atoms with Gasteiger partial charge in [0.1, 0.15) is 11.3 Å². The Hall–Kier alpha value is -2.02. The molecule has 108 valence electrons. The minimum absolute atomic E-state index is 0.0511. The zero-order valence-electron chi connectivity index (χ0n) is 12.3. The molecule has 0 bridgehead atoms. The van der Waals surface area contributed by atoms with E-state index in [9.17, 15) is 9.90 Å². The maximum Gasteiger partial charge on any atom is 0.341 e. The first-order valence-corrected chi connectivity index (χ1v) is 6.90. The maximum absolute atomic E-state index is 11.8. The number of phenols is 1. The third kappa shape index (κ3) is 3.51. The highest BCUT2D eigenvalue weighted by atomic mass is 16.5. The standard InChI is InChI=1S/C16H21NO3/c1-4-5-6-7-8-12-9-13(10-17)11(2)14(15(12)18)16(19)20-3/h9,18H,4-8H2,1-3H3. The lowest BCUT2D eigenvalue weighted by Gasteiger charge is -2.13. The minimum atomic E-state index is -0.605. The van der Waals surface area contributed by atoms with E-state index in [1.165, 1.54) is 7.11 Å². The van der Waals surface area contributed by atoms with Crippen LogP contribution in [0.2, 0.25) is 0 Å². The van der Waals surface area contributed by atoms with E-state index in [1.54, 1.807) is 13.0 Å². The summed E-state index contributed by atoms with van der Waals surface area (Å²) in [5.74, 6) is -0.656. The molecule has 0 aliphatic rings. The third-order valence-electron chi connectivity index (χ3n) is 3.45. The van der Waals surface area contributed by atoms with Crippen LogP contribution in [0.4, 0.5) is 0 Å². The number of nitriles is 1. The number of esters is 1. The SMILES string of the molecule is CCCCCCc1cc(C#N)c(C)c(C(=O)OC)c1O. The smallest absolute Gasteiger partial charge is 0.341 e. The Kier molecular flexibility index (Phi) is 6.05. The van der Waals surface area contributed by atoms with Gasteiger partial charge in [0.2, 0.25) is 0 Å². The maximum atomic E-state index is 11.8. The number of ether oxygens (including phenoxy) is 1. The Bertz CT molecular complexity index is 530. The number of carbonyl (C=O) groups excluding carboxylic acids is 1. The fourth-order valence-electron chi connectivity index (χ4n) is 2.22. The fourth-order valence-corrected chi connectivity index (χ4v) is 2.22. The number of aryl methyl sites for hydroxylation is 1. The Balaban J connectivity index is 3.12. The highest BCUT2D eigenvalue weighted by Gasteiger charge is 2.21. The van der Waals surface area contributed by atoms with Crippen molar-refractivity contribution in [3.8, 4) is 11.8 Å². The molecule has 0 fully saturated rings. The third-order valence-corrected chi connectivity index (χ3v) is 3.45. The Morgan fingerprint density at radius 1 is 1.40 bits per heavy atom. The van der Waals surface area contributed by atoms with Crippen molar-refractivity contribution in [2.45, 2.75) is 46.0 Å². The van der Waals surface area contributed by atoms with E-state index < -0.39 is 5.97 Å². The molecule has 20 heavy (non-hydrogen) atoms. The molecule has 1 aromatic rings. The van der Waals surface area contributed by atoms with Gasteiger partial charge in [0, 0.05) is 0 Å². The normalized spacial score (nSPS) is 10.1. The molecule has 4 heteroatoms. The molecular formula is C16H21NO3. The topological polar surface area (TPSA) is 70.3 Å². The number of phenolic OH excluding ortho intramolecular Hbond substituents is 1. The second-order valence-corrected chi connectivity index (χ2v) is 4.85. The molecule has 0 saturated heterocycles. The molecule has 4 nitrogen and oxygen atoms in total. The summed E-state index contributed by atoms with van der Waals surface area (Å²) in [6, 6.07) is 3.73. The van der Waals surface area contributed by atoms with Gasteiger partial charge in [0.05, 0.1) is 18.7 Å². The summed E-state index contributed by atoms with van der Waals surface area (Å²) in [6.07, 6.45) is 4.93. The first-order valence-electron chi connectivity index (χ1n) is 6.90. The quantitative estimate of drug-likeness (QED) is 0.637. The second kappa shape index (κ2) is 7.54. The average molecular weight is 275 g/mol. The highest BCUT2D eigenvalue weighted by molar-refractivity contribution is 5.95. The minimum Gasteiger partial charge on any atom is -0.507 e. The van der Waals surface area contributed by atoms with Gasteiger partial charge in [-0.2, -0.15) is 5.26 Å². The number of carbonyl (C=O) groups is 1. The van der Waals surface area contributed by atoms with E-state index in [1.807, 2.05) is 0 Å². The van der Waals surface area contributed by atoms with Gasteiger partial charge < -0.3 is 9.84 Å². The van der Waals surface area contributed by atoms with Gasteiger partial charge in [0.15, 0.2) is 0 Å². The molecule has 0 aliphatic heterocycles. The summed E-state index contributed by atoms with van der Waals surface area (Å²) < 4.78 is 4.69. The molecule has 0 spiro atoms. The van der Waals surface area contributed by atoms with Gasteiger partial charge in [-0.25, -0.2) is 4.79 Å². The van der Waals surface area contributed by atoms with Gasteiger partial charge in [-0.05, 0) is 37.0 Å². The van der Waals surface area contributed by atoms with Crippen LogP contribution in [-0.4, -0.2) is 18.2 Å². The fraction of sp³-hybridized carbons (Fsp3) is 0.500. The molecule has 0 unspecified atom stereocenters. The molecule has 1 rings (SSSR count). The zero-order chi connectivity index (χ0) is 15.1. The number of methoxy groups -OCH3 is 1. The van der Waals surface area contributed by atoms with E-state index in [0.29, 0.717) is 23.1 Å². The molecule has 0 radical (unpaired) electrons. The first kappa shape index (κ1) is 16.0. The second-order valence-electron chi connectivity index (χ2n) is 4.85. The monoisotopic (exact) mass is 275 g/mol. The van der Waals surface area contributed by atoms with E-state index >= 15 is 0 Å². The van der Waals surface area contributed by atoms with Crippen molar-refractivity contribution in [3.05, 3.63) is 28.3 Å². The lowest BCUT2D eigenvalue weighted by molar-refractivity contribution is 0.0596. The summed E-state index contributed by atoms with van der Waals surface area (Å²) in [5, 5.41) is 19.4. The van der Waals surface area contributed by atoms with Crippen LogP contribution in [0.25, 0.3) is 0 Å². The van der Waals surface area contributed by atoms with Crippen LogP contribution in [0.3, 0.4) is 0 Å². The Morgan fingerprint density at radius 3 is 2.65 bits per heavy atom. The van der Waals surface area contributed by atoms with Crippen LogP contribution < -0.4 is 0 Å². The van der Waals surface area contributed by atoms with Crippen molar-refractivity contribution < 1.29 is 14.6 Å². The average Bonchev–Trinajstić information content (AvgIpc) is 2.45. The lowest BCUT2D eigenvalue weighted by atomic mass is 9.95. The van der Waals surface area contributed by atoms with Crippen molar-refractivity contribution in [1.29, 1.82) is 5.26 Å². The van der Waals surface area contributed by atoms with Gasteiger partial charge >= 0.3 is 5.97 Å². The van der Waals surface area contributed by atoms with Crippen LogP contribution in [0.5, 0.6) is 5.75 Å². The number of unbranched alkanes of at least 4 members (excludes halogenated alkanes) is 3. The van der Waals surface area contributed by atoms with Crippen molar-refractivity contribution in [2.75, 3.05) is 7.11 Å². The van der Waals surface area contributed by atoms with Crippen molar-refractivity contribution >= 4 is 5.97 Å². The summed E-state index contributed by atoms with van der Waals surface area (Å²) in [7, 11) is 1.27. The van der Waals surface area contributed by atoms with Crippen LogP contribution in [0, 0.1) is 18.3 Å². The largest absolute Gasteiger partial charge is 0.507 e. The van der Waals surface area contributed by atoms with E-state index in [4.69, 9.17) is 5.26 Å². The molecule has 0 aliphatic carbocycles. The van der Waals surface area contributed by atoms with Crippen LogP contribution in [0.15, 0.2) is 6.07 Å². The summed E-state index contributed by atoms with van der Waals surface area (Å²) in [5.41, 5.74) is 1.63. The van der Waals surface area contributed by atoms with Gasteiger partial charge in [0.25, 0.3) is 0 Å². The van der Waals surface area contributed by atoms with Gasteiger partial charge in [-0.15, -0.1) is 0 Å². The van der Waals surface area contributed by atoms with E-state index in [0.717, 1.165) is 25.7 Å². The van der Waals surface area contributed by atoms with Gasteiger partial charge in [-0.3, -0.25) is 0 Å². The number of rotatable bonds is 6. The highest BCUT2D eigenvalue weighted by Crippen LogP contribution is 2.30. The number of hydrogen-bond donors (Lipinski definition) is 1. The van der Waals surface area contributed by atoms with Gasteiger partial charge in [-0.1, -0.05) is 26.2 Å². The molecule has 1 N–H and O–H groups in total. The molecule has 0 heterocycles. The van der Waals surface area contributed by atoms with Crippen molar-refractivity contribution in [3.63, 3.8) is 0 Å². The van der Waals surface area contributed by atoms with E-state index in [-0.39, 0.29) is 11.3 Å². The van der Waals surface area contributed by atoms with Crippen molar-refractivity contribution in [1.82, 2.24) is 0 Å². The Morgan fingerprint density at radius 2 is 2.10 bits per heavy atom. The van der Waals surface area contributed by atoms with Crippen molar-refractivity contribution in [2.24, 2.45) is 0 Å². The molecule has 1 aromatic carbocycles. The molecule has 0 saturated carbocycles.